The van der Waals surface area contributed by atoms with Gasteiger partial charge in [0.25, 0.3) is 0 Å². The van der Waals surface area contributed by atoms with Crippen LogP contribution in [0.3, 0.4) is 0 Å². The fraction of sp³-hybridized carbons (Fsp3) is 0.188. The third-order valence-electron chi connectivity index (χ3n) is 2.94. The van der Waals surface area contributed by atoms with Crippen LogP contribution in [0.15, 0.2) is 47.4 Å². The summed E-state index contributed by atoms with van der Waals surface area (Å²) in [7, 11) is 3.23. The Morgan fingerprint density at radius 3 is 2.48 bits per heavy atom. The van der Waals surface area contributed by atoms with Crippen LogP contribution in [0.4, 0.5) is 11.4 Å². The number of nitrogens with one attached hydrogen (secondary N) is 2. The zero-order valence-electron chi connectivity index (χ0n) is 12.8. The Kier molecular flexibility index (Phi) is 6.43. The Bertz CT molecular complexity index is 665. The Balaban J connectivity index is 2.02. The van der Waals surface area contributed by atoms with Crippen LogP contribution in [0.25, 0.3) is 0 Å². The number of amides is 1. The van der Waals surface area contributed by atoms with E-state index in [-0.39, 0.29) is 11.8 Å². The molecule has 1 amide bonds. The van der Waals surface area contributed by atoms with E-state index in [0.717, 1.165) is 22.1 Å². The molecule has 23 heavy (non-hydrogen) atoms. The van der Waals surface area contributed by atoms with Gasteiger partial charge in [-0.05, 0) is 48.3 Å². The molecule has 7 heteroatoms. The Labute approximate surface area is 144 Å². The minimum absolute atomic E-state index is 0.0618. The summed E-state index contributed by atoms with van der Waals surface area (Å²) >= 11 is 6.89. The minimum atomic E-state index is -0.230. The topological polar surface area (TPSA) is 59.6 Å². The largest absolute Gasteiger partial charge is 0.497 e. The summed E-state index contributed by atoms with van der Waals surface area (Å²) in [6, 6.07) is 13.0. The van der Waals surface area contributed by atoms with E-state index < -0.39 is 0 Å². The van der Waals surface area contributed by atoms with E-state index in [4.69, 9.17) is 21.1 Å². The SMILES string of the molecule is COc1ccc(OC)c(NSc2ccc(NC(=O)CCl)cc2)c1. The predicted molar refractivity (Wildman–Crippen MR) is 94.8 cm³/mol. The molecule has 0 bridgehead atoms. The molecule has 0 unspecified atom stereocenters. The van der Waals surface area contributed by atoms with Crippen LogP contribution in [0.1, 0.15) is 0 Å². The highest BCUT2D eigenvalue weighted by Gasteiger charge is 2.06. The first kappa shape index (κ1) is 17.3. The summed E-state index contributed by atoms with van der Waals surface area (Å²) in [6.07, 6.45) is 0. The molecule has 0 aliphatic carbocycles. The van der Waals surface area contributed by atoms with Crippen molar-refractivity contribution in [2.75, 3.05) is 30.1 Å². The van der Waals surface area contributed by atoms with E-state index in [1.54, 1.807) is 14.2 Å². The van der Waals surface area contributed by atoms with E-state index in [9.17, 15) is 4.79 Å². The maximum Gasteiger partial charge on any atom is 0.239 e. The third-order valence-corrected chi connectivity index (χ3v) is 4.02. The van der Waals surface area contributed by atoms with Crippen LogP contribution in [0.5, 0.6) is 11.5 Å². The van der Waals surface area contributed by atoms with Crippen molar-refractivity contribution in [2.45, 2.75) is 4.90 Å². The lowest BCUT2D eigenvalue weighted by molar-refractivity contribution is -0.113. The lowest BCUT2D eigenvalue weighted by Gasteiger charge is -2.12. The van der Waals surface area contributed by atoms with Crippen LogP contribution in [0, 0.1) is 0 Å². The molecule has 5 nitrogen and oxygen atoms in total. The van der Waals surface area contributed by atoms with Crippen molar-refractivity contribution in [3.63, 3.8) is 0 Å². The number of rotatable bonds is 7. The van der Waals surface area contributed by atoms with Crippen LogP contribution in [-0.4, -0.2) is 26.0 Å². The summed E-state index contributed by atoms with van der Waals surface area (Å²) in [5, 5.41) is 2.69. The standard InChI is InChI=1S/C16H17ClN2O3S/c1-21-12-5-8-15(22-2)14(9-12)19-23-13-6-3-11(4-7-13)18-16(20)10-17/h3-9,19H,10H2,1-2H3,(H,18,20). The van der Waals surface area contributed by atoms with Gasteiger partial charge in [-0.25, -0.2) is 0 Å². The van der Waals surface area contributed by atoms with Crippen molar-refractivity contribution < 1.29 is 14.3 Å². The number of halogens is 1. The highest BCUT2D eigenvalue weighted by atomic mass is 35.5. The van der Waals surface area contributed by atoms with Crippen molar-refractivity contribution in [1.82, 2.24) is 0 Å². The molecule has 2 rings (SSSR count). The van der Waals surface area contributed by atoms with Gasteiger partial charge in [0.15, 0.2) is 0 Å². The lowest BCUT2D eigenvalue weighted by atomic mass is 10.3. The minimum Gasteiger partial charge on any atom is -0.497 e. The molecule has 0 aromatic heterocycles. The van der Waals surface area contributed by atoms with Crippen LogP contribution in [0.2, 0.25) is 0 Å². The fourth-order valence-electron chi connectivity index (χ4n) is 1.81. The lowest BCUT2D eigenvalue weighted by Crippen LogP contribution is -2.12. The number of anilines is 2. The van der Waals surface area contributed by atoms with Gasteiger partial charge in [0.05, 0.1) is 19.9 Å². The van der Waals surface area contributed by atoms with Gasteiger partial charge in [-0.1, -0.05) is 0 Å². The van der Waals surface area contributed by atoms with E-state index in [0.29, 0.717) is 5.69 Å². The first-order chi connectivity index (χ1) is 11.2. The molecule has 0 atom stereocenters. The van der Waals surface area contributed by atoms with Crippen molar-refractivity contribution in [3.8, 4) is 11.5 Å². The van der Waals surface area contributed by atoms with E-state index >= 15 is 0 Å². The summed E-state index contributed by atoms with van der Waals surface area (Å²) in [4.78, 5) is 12.2. The maximum absolute atomic E-state index is 11.2. The number of benzene rings is 2. The van der Waals surface area contributed by atoms with E-state index in [1.165, 1.54) is 11.9 Å². The number of carbonyl (C=O) groups is 1. The smallest absolute Gasteiger partial charge is 0.239 e. The molecule has 0 spiro atoms. The summed E-state index contributed by atoms with van der Waals surface area (Å²) in [6.45, 7) is 0. The van der Waals surface area contributed by atoms with Gasteiger partial charge >= 0.3 is 0 Å². The van der Waals surface area contributed by atoms with Gasteiger partial charge in [0.2, 0.25) is 5.91 Å². The third kappa shape index (κ3) is 4.97. The zero-order chi connectivity index (χ0) is 16.7. The van der Waals surface area contributed by atoms with Crippen LogP contribution in [-0.2, 0) is 4.79 Å². The van der Waals surface area contributed by atoms with Gasteiger partial charge in [0.1, 0.15) is 17.4 Å². The van der Waals surface area contributed by atoms with Gasteiger partial charge in [-0.2, -0.15) is 0 Å². The predicted octanol–water partition coefficient (Wildman–Crippen LogP) is 4.00. The van der Waals surface area contributed by atoms with Crippen molar-refractivity contribution in [3.05, 3.63) is 42.5 Å². The van der Waals surface area contributed by atoms with Crippen molar-refractivity contribution in [1.29, 1.82) is 0 Å². The van der Waals surface area contributed by atoms with Crippen molar-refractivity contribution >= 4 is 40.8 Å². The summed E-state index contributed by atoms with van der Waals surface area (Å²) < 4.78 is 13.8. The maximum atomic E-state index is 11.2. The molecule has 0 saturated heterocycles. The van der Waals surface area contributed by atoms with Gasteiger partial charge in [-0.15, -0.1) is 11.6 Å². The molecule has 0 saturated carbocycles. The van der Waals surface area contributed by atoms with Gasteiger partial charge < -0.3 is 19.5 Å². The summed E-state index contributed by atoms with van der Waals surface area (Å²) in [5.74, 6) is 1.18. The average molecular weight is 353 g/mol. The Hall–Kier alpha value is -2.05. The number of ether oxygens (including phenoxy) is 2. The quantitative estimate of drug-likeness (QED) is 0.582. The molecule has 0 fully saturated rings. The molecule has 0 radical (unpaired) electrons. The van der Waals surface area contributed by atoms with Gasteiger partial charge in [0, 0.05) is 16.6 Å². The molecular formula is C16H17ClN2O3S. The summed E-state index contributed by atoms with van der Waals surface area (Å²) in [5.41, 5.74) is 1.52. The zero-order valence-corrected chi connectivity index (χ0v) is 14.3. The van der Waals surface area contributed by atoms with E-state index in [1.807, 2.05) is 42.5 Å². The normalized spacial score (nSPS) is 10.0. The van der Waals surface area contributed by atoms with Gasteiger partial charge in [-0.3, -0.25) is 4.79 Å². The highest BCUT2D eigenvalue weighted by Crippen LogP contribution is 2.32. The Morgan fingerprint density at radius 2 is 1.87 bits per heavy atom. The second kappa shape index (κ2) is 8.55. The average Bonchev–Trinajstić information content (AvgIpc) is 2.60. The molecule has 0 aliphatic heterocycles. The first-order valence-corrected chi connectivity index (χ1v) is 8.12. The molecule has 0 heterocycles. The molecule has 0 aliphatic rings. The molecule has 2 aromatic rings. The fourth-order valence-corrected chi connectivity index (χ4v) is 2.53. The van der Waals surface area contributed by atoms with Crippen LogP contribution >= 0.6 is 23.5 Å². The van der Waals surface area contributed by atoms with E-state index in [2.05, 4.69) is 10.0 Å². The molecule has 2 N–H and O–H groups in total. The number of hydrogen-bond donors (Lipinski definition) is 2. The molecule has 122 valence electrons. The monoisotopic (exact) mass is 352 g/mol. The molecule has 2 aromatic carbocycles. The second-order valence-corrected chi connectivity index (χ2v) is 5.62. The number of carbonyl (C=O) groups excluding carboxylic acids is 1. The van der Waals surface area contributed by atoms with Crippen molar-refractivity contribution in [2.24, 2.45) is 0 Å². The number of alkyl halides is 1. The highest BCUT2D eigenvalue weighted by molar-refractivity contribution is 8.00. The first-order valence-electron chi connectivity index (χ1n) is 6.77. The molecular weight excluding hydrogens is 336 g/mol. The van der Waals surface area contributed by atoms with Crippen LogP contribution < -0.4 is 19.5 Å². The Morgan fingerprint density at radius 1 is 1.13 bits per heavy atom. The second-order valence-electron chi connectivity index (χ2n) is 4.48. The number of methoxy groups -OCH3 is 2. The number of hydrogen-bond acceptors (Lipinski definition) is 5.